The largest absolute Gasteiger partial charge is 0.497 e. The molecule has 1 aromatic heterocycles. The number of amides is 2. The summed E-state index contributed by atoms with van der Waals surface area (Å²) in [4.78, 5) is 25.4. The van der Waals surface area contributed by atoms with E-state index in [1.165, 1.54) is 30.6 Å². The Morgan fingerprint density at radius 2 is 1.72 bits per heavy atom. The molecule has 32 heavy (non-hydrogen) atoms. The summed E-state index contributed by atoms with van der Waals surface area (Å²) in [5.41, 5.74) is 0.898. The predicted octanol–water partition coefficient (Wildman–Crippen LogP) is 5.43. The van der Waals surface area contributed by atoms with Crippen LogP contribution in [0.5, 0.6) is 5.75 Å². The molecule has 0 bridgehead atoms. The minimum atomic E-state index is -0.596. The second-order valence-electron chi connectivity index (χ2n) is 8.08. The number of hydrogen-bond acceptors (Lipinski definition) is 6. The third-order valence-electron chi connectivity index (χ3n) is 5.56. The van der Waals surface area contributed by atoms with Crippen LogP contribution in [0.4, 0.5) is 5.13 Å². The SMILES string of the molecule is CCCCCCCCC(=O)NC(C(=O)Nc1nnc(-c2ccc(OC)cc2)s1)C(C)CC. The van der Waals surface area contributed by atoms with Gasteiger partial charge >= 0.3 is 0 Å². The van der Waals surface area contributed by atoms with Crippen molar-refractivity contribution in [2.45, 2.75) is 78.2 Å². The average molecular weight is 461 g/mol. The van der Waals surface area contributed by atoms with Crippen molar-refractivity contribution in [1.82, 2.24) is 15.5 Å². The molecule has 2 amide bonds. The number of ether oxygens (including phenoxy) is 1. The fraction of sp³-hybridized carbons (Fsp3) is 0.583. The van der Waals surface area contributed by atoms with E-state index >= 15 is 0 Å². The molecular weight excluding hydrogens is 424 g/mol. The number of methoxy groups -OCH3 is 1. The van der Waals surface area contributed by atoms with Crippen LogP contribution in [-0.2, 0) is 9.59 Å². The van der Waals surface area contributed by atoms with Gasteiger partial charge in [0.15, 0.2) is 0 Å². The van der Waals surface area contributed by atoms with E-state index < -0.39 is 6.04 Å². The highest BCUT2D eigenvalue weighted by molar-refractivity contribution is 7.18. The first kappa shape index (κ1) is 25.8. The van der Waals surface area contributed by atoms with Gasteiger partial charge in [-0.3, -0.25) is 14.9 Å². The molecule has 1 aromatic carbocycles. The first-order valence-corrected chi connectivity index (χ1v) is 12.4. The standard InChI is InChI=1S/C24H36N4O3S/c1-5-7-8-9-10-11-12-20(29)25-21(17(3)6-2)22(30)26-24-28-27-23(32-24)18-13-15-19(31-4)16-14-18/h13-17,21H,5-12H2,1-4H3,(H,25,29)(H,26,28,30). The van der Waals surface area contributed by atoms with Gasteiger partial charge in [0.05, 0.1) is 7.11 Å². The van der Waals surface area contributed by atoms with Crippen LogP contribution in [-0.4, -0.2) is 35.2 Å². The molecule has 2 N–H and O–H groups in total. The lowest BCUT2D eigenvalue weighted by Gasteiger charge is -2.23. The molecule has 0 radical (unpaired) electrons. The van der Waals surface area contributed by atoms with Crippen LogP contribution in [0, 0.1) is 5.92 Å². The van der Waals surface area contributed by atoms with Gasteiger partial charge in [-0.05, 0) is 36.6 Å². The number of rotatable bonds is 14. The molecule has 7 nitrogen and oxygen atoms in total. The zero-order valence-corrected chi connectivity index (χ0v) is 20.5. The van der Waals surface area contributed by atoms with Crippen molar-refractivity contribution in [2.75, 3.05) is 12.4 Å². The van der Waals surface area contributed by atoms with Crippen LogP contribution in [0.25, 0.3) is 10.6 Å². The van der Waals surface area contributed by atoms with Crippen molar-refractivity contribution in [3.05, 3.63) is 24.3 Å². The Balaban J connectivity index is 1.92. The number of carbonyl (C=O) groups excluding carboxylic acids is 2. The summed E-state index contributed by atoms with van der Waals surface area (Å²) in [5, 5.41) is 15.2. The molecule has 0 aliphatic heterocycles. The monoisotopic (exact) mass is 460 g/mol. The molecule has 0 spiro atoms. The number of nitrogens with zero attached hydrogens (tertiary/aromatic N) is 2. The third kappa shape index (κ3) is 8.22. The normalized spacial score (nSPS) is 12.8. The molecule has 8 heteroatoms. The lowest BCUT2D eigenvalue weighted by Crippen LogP contribution is -2.47. The maximum Gasteiger partial charge on any atom is 0.249 e. The molecule has 2 atom stereocenters. The van der Waals surface area contributed by atoms with Gasteiger partial charge in [-0.15, -0.1) is 10.2 Å². The summed E-state index contributed by atoms with van der Waals surface area (Å²) < 4.78 is 5.18. The molecule has 2 aromatic rings. The molecule has 0 aliphatic rings. The van der Waals surface area contributed by atoms with E-state index in [2.05, 4.69) is 27.8 Å². The predicted molar refractivity (Wildman–Crippen MR) is 130 cm³/mol. The highest BCUT2D eigenvalue weighted by atomic mass is 32.1. The quantitative estimate of drug-likeness (QED) is 0.367. The first-order chi connectivity index (χ1) is 15.5. The van der Waals surface area contributed by atoms with Gasteiger partial charge in [-0.25, -0.2) is 0 Å². The molecule has 2 unspecified atom stereocenters. The molecule has 0 aliphatic carbocycles. The van der Waals surface area contributed by atoms with Crippen LogP contribution >= 0.6 is 11.3 Å². The van der Waals surface area contributed by atoms with E-state index in [4.69, 9.17) is 4.74 Å². The van der Waals surface area contributed by atoms with Gasteiger partial charge in [0.2, 0.25) is 16.9 Å². The second kappa shape index (κ2) is 13.8. The molecule has 176 valence electrons. The zero-order chi connectivity index (χ0) is 23.3. The van der Waals surface area contributed by atoms with Crippen LogP contribution in [0.2, 0.25) is 0 Å². The van der Waals surface area contributed by atoms with Crippen molar-refractivity contribution in [3.8, 4) is 16.3 Å². The van der Waals surface area contributed by atoms with E-state index in [1.54, 1.807) is 7.11 Å². The molecule has 0 fully saturated rings. The maximum absolute atomic E-state index is 12.9. The smallest absolute Gasteiger partial charge is 0.249 e. The van der Waals surface area contributed by atoms with E-state index in [0.29, 0.717) is 16.6 Å². The van der Waals surface area contributed by atoms with Gasteiger partial charge in [0, 0.05) is 12.0 Å². The number of unbranched alkanes of at least 4 members (excludes halogenated alkanes) is 5. The second-order valence-corrected chi connectivity index (χ2v) is 9.06. The first-order valence-electron chi connectivity index (χ1n) is 11.6. The lowest BCUT2D eigenvalue weighted by atomic mass is 9.98. The summed E-state index contributed by atoms with van der Waals surface area (Å²) in [6.07, 6.45) is 7.96. The zero-order valence-electron chi connectivity index (χ0n) is 19.6. The molecular formula is C24H36N4O3S. The maximum atomic E-state index is 12.9. The minimum absolute atomic E-state index is 0.0116. The number of nitrogens with one attached hydrogen (secondary N) is 2. The highest BCUT2D eigenvalue weighted by Gasteiger charge is 2.26. The lowest BCUT2D eigenvalue weighted by molar-refractivity contribution is -0.127. The van der Waals surface area contributed by atoms with Crippen molar-refractivity contribution in [1.29, 1.82) is 0 Å². The fourth-order valence-electron chi connectivity index (χ4n) is 3.32. The third-order valence-corrected chi connectivity index (χ3v) is 6.45. The minimum Gasteiger partial charge on any atom is -0.497 e. The Hall–Kier alpha value is -2.48. The number of carbonyl (C=O) groups is 2. The van der Waals surface area contributed by atoms with Crippen molar-refractivity contribution in [3.63, 3.8) is 0 Å². The Kier molecular flexibility index (Phi) is 11.1. The van der Waals surface area contributed by atoms with Gasteiger partial charge in [-0.1, -0.05) is 70.6 Å². The van der Waals surface area contributed by atoms with E-state index in [-0.39, 0.29) is 17.7 Å². The summed E-state index contributed by atoms with van der Waals surface area (Å²) in [7, 11) is 1.62. The van der Waals surface area contributed by atoms with Gasteiger partial charge in [-0.2, -0.15) is 0 Å². The van der Waals surface area contributed by atoms with Crippen LogP contribution in [0.1, 0.15) is 72.1 Å². The van der Waals surface area contributed by atoms with Crippen molar-refractivity contribution < 1.29 is 14.3 Å². The van der Waals surface area contributed by atoms with Gasteiger partial charge in [0.1, 0.15) is 16.8 Å². The Morgan fingerprint density at radius 3 is 2.38 bits per heavy atom. The summed E-state index contributed by atoms with van der Waals surface area (Å²) in [6.45, 7) is 6.17. The fourth-order valence-corrected chi connectivity index (χ4v) is 4.07. The van der Waals surface area contributed by atoms with E-state index in [9.17, 15) is 9.59 Å². The van der Waals surface area contributed by atoms with Gasteiger partial charge in [0.25, 0.3) is 0 Å². The van der Waals surface area contributed by atoms with Gasteiger partial charge < -0.3 is 10.1 Å². The van der Waals surface area contributed by atoms with Crippen LogP contribution in [0.3, 0.4) is 0 Å². The van der Waals surface area contributed by atoms with E-state index in [0.717, 1.165) is 37.0 Å². The van der Waals surface area contributed by atoms with Crippen LogP contribution in [0.15, 0.2) is 24.3 Å². The van der Waals surface area contributed by atoms with Crippen molar-refractivity contribution >= 4 is 28.3 Å². The molecule has 0 saturated heterocycles. The Morgan fingerprint density at radius 1 is 1.03 bits per heavy atom. The highest BCUT2D eigenvalue weighted by Crippen LogP contribution is 2.28. The summed E-state index contributed by atoms with van der Waals surface area (Å²) in [6, 6.07) is 6.91. The number of benzene rings is 1. The topological polar surface area (TPSA) is 93.2 Å². The molecule has 2 rings (SSSR count). The number of aromatic nitrogens is 2. The number of anilines is 1. The summed E-state index contributed by atoms with van der Waals surface area (Å²) >= 11 is 1.30. The van der Waals surface area contributed by atoms with Crippen LogP contribution < -0.4 is 15.4 Å². The Labute approximate surface area is 195 Å². The van der Waals surface area contributed by atoms with Crippen molar-refractivity contribution in [2.24, 2.45) is 5.92 Å². The molecule has 0 saturated carbocycles. The van der Waals surface area contributed by atoms with E-state index in [1.807, 2.05) is 38.1 Å². The summed E-state index contributed by atoms with van der Waals surface area (Å²) in [5.74, 6) is 0.447. The Bertz CT molecular complexity index is 838. The number of hydrogen-bond donors (Lipinski definition) is 2. The molecule has 1 heterocycles. The average Bonchev–Trinajstić information content (AvgIpc) is 3.27.